The van der Waals surface area contributed by atoms with Gasteiger partial charge < -0.3 is 20.1 Å². The van der Waals surface area contributed by atoms with Crippen molar-refractivity contribution >= 4 is 61.6 Å². The van der Waals surface area contributed by atoms with Gasteiger partial charge in [0, 0.05) is 30.7 Å². The Bertz CT molecular complexity index is 2130. The molecule has 1 spiro atoms. The molecule has 2 N–H and O–H groups in total. The molecule has 246 valence electrons. The fourth-order valence-corrected chi connectivity index (χ4v) is 7.88. The molecule has 2 aliphatic heterocycles. The molecular formula is C35H30F3N5O4S. The standard InChI is InChI=1S/C35H30F3N5O4S/c1-17(2)12-25(42(3)32(45)24-13-18-20(36)14-21(37)28(38)29(18)39-24)33(46)43-16-35(19-8-4-5-9-22(19)41-34(35)47)15-26(43)30(44)31-40-23-10-6-7-11-27(23)48-31/h4-11,13-14,17,25-26,39H,12,15-16H2,1-3H3,(H,41,47)/t25-,26+,35-/m0/s1. The molecule has 3 amide bonds. The Morgan fingerprint density at radius 3 is 2.54 bits per heavy atom. The van der Waals surface area contributed by atoms with Crippen LogP contribution in [0, 0.1) is 23.4 Å². The number of amides is 3. The predicted octanol–water partition coefficient (Wildman–Crippen LogP) is 6.06. The largest absolute Gasteiger partial charge is 0.348 e. The summed E-state index contributed by atoms with van der Waals surface area (Å²) in [5.41, 5.74) is -0.0684. The Kier molecular flexibility index (Phi) is 7.61. The number of carbonyl (C=O) groups excluding carboxylic acids is 4. The number of ketones is 1. The second-order valence-electron chi connectivity index (χ2n) is 12.8. The summed E-state index contributed by atoms with van der Waals surface area (Å²) in [5.74, 6) is -5.98. The van der Waals surface area contributed by atoms with Crippen LogP contribution in [0.25, 0.3) is 21.1 Å². The Morgan fingerprint density at radius 2 is 1.79 bits per heavy atom. The summed E-state index contributed by atoms with van der Waals surface area (Å²) in [6.07, 6.45) is 0.182. The normalized spacial score (nSPS) is 19.4. The highest BCUT2D eigenvalue weighted by molar-refractivity contribution is 7.20. The van der Waals surface area contributed by atoms with Gasteiger partial charge in [0.1, 0.15) is 17.6 Å². The molecule has 2 aromatic heterocycles. The number of fused-ring (bicyclic) bond motifs is 4. The van der Waals surface area contributed by atoms with Crippen LogP contribution in [-0.4, -0.2) is 68.9 Å². The Labute approximate surface area is 276 Å². The monoisotopic (exact) mass is 673 g/mol. The Morgan fingerprint density at radius 1 is 1.06 bits per heavy atom. The number of para-hydroxylation sites is 2. The lowest BCUT2D eigenvalue weighted by molar-refractivity contribution is -0.136. The quantitative estimate of drug-likeness (QED) is 0.161. The van der Waals surface area contributed by atoms with Gasteiger partial charge in [-0.3, -0.25) is 19.2 Å². The lowest BCUT2D eigenvalue weighted by atomic mass is 9.79. The summed E-state index contributed by atoms with van der Waals surface area (Å²) >= 11 is 1.20. The van der Waals surface area contributed by atoms with Crippen molar-refractivity contribution in [1.82, 2.24) is 19.8 Å². The zero-order chi connectivity index (χ0) is 34.1. The van der Waals surface area contributed by atoms with Gasteiger partial charge in [0.2, 0.25) is 17.6 Å². The topological polar surface area (TPSA) is 115 Å². The number of aromatic nitrogens is 2. The molecule has 4 heterocycles. The molecule has 5 aromatic rings. The van der Waals surface area contributed by atoms with Crippen molar-refractivity contribution in [2.45, 2.75) is 44.2 Å². The third-order valence-electron chi connectivity index (χ3n) is 9.33. The molecule has 0 radical (unpaired) electrons. The number of halogens is 3. The average molecular weight is 674 g/mol. The highest BCUT2D eigenvalue weighted by Crippen LogP contribution is 2.47. The van der Waals surface area contributed by atoms with E-state index in [9.17, 15) is 32.3 Å². The van der Waals surface area contributed by atoms with Gasteiger partial charge in [0.15, 0.2) is 16.6 Å². The summed E-state index contributed by atoms with van der Waals surface area (Å²) in [5, 5.41) is 2.78. The fourth-order valence-electron chi connectivity index (χ4n) is 6.92. The maximum absolute atomic E-state index is 14.7. The molecule has 0 unspecified atom stereocenters. The van der Waals surface area contributed by atoms with Crippen molar-refractivity contribution in [2.75, 3.05) is 18.9 Å². The number of nitrogens with one attached hydrogen (secondary N) is 2. The SMILES string of the molecule is CC(C)C[C@@H](C(=O)N1C[C@]2(C[C@@H]1C(=O)c1nc3ccccc3s1)C(=O)Nc1ccccc12)N(C)C(=O)c1cc2c(F)cc(F)c(F)c2[nH]1. The van der Waals surface area contributed by atoms with Crippen molar-refractivity contribution < 1.29 is 32.3 Å². The number of rotatable bonds is 7. The molecule has 0 saturated carbocycles. The first kappa shape index (κ1) is 31.6. The molecule has 2 aliphatic rings. The number of likely N-dealkylation sites (tertiary alicyclic amines) is 1. The number of aromatic amines is 1. The van der Waals surface area contributed by atoms with Crippen LogP contribution in [0.5, 0.6) is 0 Å². The summed E-state index contributed by atoms with van der Waals surface area (Å²) < 4.78 is 43.7. The minimum atomic E-state index is -1.41. The zero-order valence-corrected chi connectivity index (χ0v) is 27.0. The molecule has 13 heteroatoms. The third kappa shape index (κ3) is 4.95. The van der Waals surface area contributed by atoms with Gasteiger partial charge in [-0.15, -0.1) is 11.3 Å². The summed E-state index contributed by atoms with van der Waals surface area (Å²) in [7, 11) is 1.39. The predicted molar refractivity (Wildman–Crippen MR) is 174 cm³/mol. The van der Waals surface area contributed by atoms with E-state index < -0.39 is 58.1 Å². The number of hydrogen-bond donors (Lipinski definition) is 2. The van der Waals surface area contributed by atoms with Crippen LogP contribution in [0.2, 0.25) is 0 Å². The van der Waals surface area contributed by atoms with E-state index >= 15 is 0 Å². The number of H-pyrrole nitrogens is 1. The summed E-state index contributed by atoms with van der Waals surface area (Å²) in [6, 6.07) is 13.7. The maximum Gasteiger partial charge on any atom is 0.270 e. The highest BCUT2D eigenvalue weighted by Gasteiger charge is 2.58. The fraction of sp³-hybridized carbons (Fsp3) is 0.286. The van der Waals surface area contributed by atoms with Crippen LogP contribution in [0.15, 0.2) is 60.7 Å². The van der Waals surface area contributed by atoms with E-state index in [0.29, 0.717) is 22.8 Å². The molecule has 1 fully saturated rings. The molecule has 3 atom stereocenters. The van der Waals surface area contributed by atoms with Gasteiger partial charge in [0.05, 0.1) is 27.2 Å². The van der Waals surface area contributed by atoms with E-state index in [4.69, 9.17) is 0 Å². The Hall–Kier alpha value is -5.04. The number of nitrogens with zero attached hydrogens (tertiary/aromatic N) is 3. The van der Waals surface area contributed by atoms with E-state index in [1.54, 1.807) is 30.3 Å². The van der Waals surface area contributed by atoms with Crippen molar-refractivity contribution in [2.24, 2.45) is 5.92 Å². The second kappa shape index (κ2) is 11.6. The third-order valence-corrected chi connectivity index (χ3v) is 10.4. The Balaban J connectivity index is 1.28. The maximum atomic E-state index is 14.7. The molecule has 48 heavy (non-hydrogen) atoms. The molecule has 9 nitrogen and oxygen atoms in total. The molecule has 1 saturated heterocycles. The number of likely N-dealkylation sites (N-methyl/N-ethyl adjacent to an activating group) is 1. The first-order valence-electron chi connectivity index (χ1n) is 15.4. The van der Waals surface area contributed by atoms with Gasteiger partial charge in [-0.2, -0.15) is 0 Å². The first-order chi connectivity index (χ1) is 22.9. The van der Waals surface area contributed by atoms with E-state index in [1.807, 2.05) is 32.0 Å². The minimum absolute atomic E-state index is 0.00847. The average Bonchev–Trinajstić information content (AvgIpc) is 3.85. The smallest absolute Gasteiger partial charge is 0.270 e. The molecule has 0 aliphatic carbocycles. The number of benzene rings is 3. The molecular weight excluding hydrogens is 643 g/mol. The van der Waals surface area contributed by atoms with E-state index in [1.165, 1.54) is 23.3 Å². The lowest BCUT2D eigenvalue weighted by Crippen LogP contribution is -2.53. The molecule has 7 rings (SSSR count). The number of thiazole rings is 1. The molecule has 0 bridgehead atoms. The molecule has 3 aromatic carbocycles. The van der Waals surface area contributed by atoms with Gasteiger partial charge >= 0.3 is 0 Å². The van der Waals surface area contributed by atoms with Gasteiger partial charge in [-0.05, 0) is 48.6 Å². The van der Waals surface area contributed by atoms with E-state index in [-0.39, 0.29) is 47.3 Å². The van der Waals surface area contributed by atoms with Crippen LogP contribution < -0.4 is 5.32 Å². The second-order valence-corrected chi connectivity index (χ2v) is 13.8. The van der Waals surface area contributed by atoms with Gasteiger partial charge in [0.25, 0.3) is 5.91 Å². The van der Waals surface area contributed by atoms with Gasteiger partial charge in [-0.1, -0.05) is 44.2 Å². The number of hydrogen-bond acceptors (Lipinski definition) is 6. The zero-order valence-electron chi connectivity index (χ0n) is 26.1. The van der Waals surface area contributed by atoms with Crippen LogP contribution in [0.1, 0.15) is 52.5 Å². The van der Waals surface area contributed by atoms with Crippen LogP contribution in [0.3, 0.4) is 0 Å². The van der Waals surface area contributed by atoms with E-state index in [2.05, 4.69) is 15.3 Å². The van der Waals surface area contributed by atoms with Crippen LogP contribution in [0.4, 0.5) is 18.9 Å². The number of anilines is 1. The number of Topliss-reactive ketones (excluding diaryl/α,β-unsaturated/α-hetero) is 1. The van der Waals surface area contributed by atoms with Gasteiger partial charge in [-0.25, -0.2) is 18.2 Å². The number of carbonyl (C=O) groups is 4. The minimum Gasteiger partial charge on any atom is -0.348 e. The summed E-state index contributed by atoms with van der Waals surface area (Å²) in [6.45, 7) is 3.62. The van der Waals surface area contributed by atoms with Crippen LogP contribution >= 0.6 is 11.3 Å². The van der Waals surface area contributed by atoms with Crippen molar-refractivity contribution in [3.8, 4) is 0 Å². The van der Waals surface area contributed by atoms with Crippen molar-refractivity contribution in [3.63, 3.8) is 0 Å². The van der Waals surface area contributed by atoms with Crippen molar-refractivity contribution in [3.05, 3.63) is 94.4 Å². The van der Waals surface area contributed by atoms with Crippen molar-refractivity contribution in [1.29, 1.82) is 0 Å². The first-order valence-corrected chi connectivity index (χ1v) is 16.3. The summed E-state index contributed by atoms with van der Waals surface area (Å²) in [4.78, 5) is 66.0. The highest BCUT2D eigenvalue weighted by atomic mass is 32.1. The van der Waals surface area contributed by atoms with Crippen LogP contribution in [-0.2, 0) is 15.0 Å². The lowest BCUT2D eigenvalue weighted by Gasteiger charge is -2.34. The van der Waals surface area contributed by atoms with E-state index in [0.717, 1.165) is 15.7 Å².